The number of nitrogens with zero attached hydrogens (tertiary/aromatic N) is 1. The second kappa shape index (κ2) is 23.9. The second-order valence-electron chi connectivity index (χ2n) is 16.6. The monoisotopic (exact) mass is 948 g/mol. The average Bonchev–Trinajstić information content (AvgIpc) is 3.67. The van der Waals surface area contributed by atoms with Gasteiger partial charge in [0.2, 0.25) is 5.91 Å². The van der Waals surface area contributed by atoms with E-state index in [4.69, 9.17) is 25.8 Å². The molecule has 0 radical (unpaired) electrons. The molecule has 1 aliphatic rings. The lowest BCUT2D eigenvalue weighted by Gasteiger charge is -2.31. The molecule has 5 aromatic rings. The lowest BCUT2D eigenvalue weighted by atomic mass is 9.80. The highest BCUT2D eigenvalue weighted by Crippen LogP contribution is 2.44. The first-order valence-corrected chi connectivity index (χ1v) is 23.0. The Hall–Kier alpha value is -6.58. The molecule has 0 spiro atoms. The van der Waals surface area contributed by atoms with E-state index in [-0.39, 0.29) is 75.1 Å². The zero-order valence-electron chi connectivity index (χ0n) is 38.8. The van der Waals surface area contributed by atoms with Gasteiger partial charge in [-0.2, -0.15) is 0 Å². The number of benzene rings is 4. The number of ether oxygens (including phenoxy) is 3. The Labute approximate surface area is 401 Å². The van der Waals surface area contributed by atoms with Crippen molar-refractivity contribution in [2.45, 2.75) is 77.5 Å². The third-order valence-electron chi connectivity index (χ3n) is 11.5. The molecule has 3 atom stereocenters. The van der Waals surface area contributed by atoms with Crippen molar-refractivity contribution in [1.82, 2.24) is 15.2 Å². The Bertz CT molecular complexity index is 2630. The van der Waals surface area contributed by atoms with Crippen LogP contribution in [-0.4, -0.2) is 84.2 Å². The minimum Gasteiger partial charge on any atom is -0.466 e. The van der Waals surface area contributed by atoms with Gasteiger partial charge in [0.15, 0.2) is 0 Å². The van der Waals surface area contributed by atoms with E-state index in [1.165, 1.54) is 19.2 Å². The van der Waals surface area contributed by atoms with Gasteiger partial charge in [0, 0.05) is 40.8 Å². The molecule has 5 N–H and O–H groups in total. The van der Waals surface area contributed by atoms with Crippen LogP contribution in [0.25, 0.3) is 22.4 Å². The van der Waals surface area contributed by atoms with Gasteiger partial charge in [-0.1, -0.05) is 92.2 Å². The molecule has 1 aromatic heterocycles. The zero-order chi connectivity index (χ0) is 48.9. The maximum atomic E-state index is 14.4. The summed E-state index contributed by atoms with van der Waals surface area (Å²) in [7, 11) is 1.25. The molecule has 0 saturated carbocycles. The van der Waals surface area contributed by atoms with Crippen LogP contribution in [0.1, 0.15) is 80.4 Å². The normalized spacial score (nSPS) is 14.6. The number of dihydropyridines is 1. The van der Waals surface area contributed by atoms with Crippen LogP contribution in [0, 0.1) is 5.82 Å². The topological polar surface area (TPSA) is 177 Å². The Balaban J connectivity index is 1.12. The summed E-state index contributed by atoms with van der Waals surface area (Å²) in [5.74, 6) is -3.60. The van der Waals surface area contributed by atoms with E-state index < -0.39 is 41.8 Å². The summed E-state index contributed by atoms with van der Waals surface area (Å²) in [5.41, 5.74) is 6.21. The van der Waals surface area contributed by atoms with E-state index >= 15 is 0 Å². The SMILES string of the molecule is CCOC(=O)C1=C(COCCNC(=O)C[C@H](O)C[C@H](O)CCn2c(-c3ccc(F)cc3)c(-c3ccccc3)c(C(=O)Nc3ccccc3)c2C(C)C)NC(C)=C(C(=O)OC)[C@H]1c1ccccc1Cl. The summed E-state index contributed by atoms with van der Waals surface area (Å²) in [4.78, 5) is 53.9. The third-order valence-corrected chi connectivity index (χ3v) is 11.9. The van der Waals surface area contributed by atoms with Gasteiger partial charge in [-0.3, -0.25) is 9.59 Å². The molecule has 0 saturated heterocycles. The molecule has 358 valence electrons. The molecule has 1 aliphatic heterocycles. The molecule has 0 fully saturated rings. The number of amides is 2. The molecule has 13 nitrogen and oxygen atoms in total. The fourth-order valence-corrected chi connectivity index (χ4v) is 8.83. The van der Waals surface area contributed by atoms with E-state index in [2.05, 4.69) is 16.0 Å². The van der Waals surface area contributed by atoms with Gasteiger partial charge >= 0.3 is 11.9 Å². The van der Waals surface area contributed by atoms with Crippen LogP contribution < -0.4 is 16.0 Å². The maximum Gasteiger partial charge on any atom is 0.336 e. The van der Waals surface area contributed by atoms with Crippen LogP contribution in [-0.2, 0) is 35.1 Å². The summed E-state index contributed by atoms with van der Waals surface area (Å²) >= 11 is 6.60. The minimum atomic E-state index is -1.19. The number of aliphatic hydroxyl groups excluding tert-OH is 2. The number of esters is 2. The molecule has 15 heteroatoms. The number of anilines is 1. The van der Waals surface area contributed by atoms with Crippen molar-refractivity contribution in [2.75, 3.05) is 38.8 Å². The predicted octanol–water partition coefficient (Wildman–Crippen LogP) is 8.67. The Kier molecular flexibility index (Phi) is 17.9. The molecule has 2 heterocycles. The van der Waals surface area contributed by atoms with Gasteiger partial charge in [-0.15, -0.1) is 0 Å². The van der Waals surface area contributed by atoms with Crippen LogP contribution in [0.3, 0.4) is 0 Å². The van der Waals surface area contributed by atoms with Crippen molar-refractivity contribution in [3.05, 3.63) is 159 Å². The molecule has 6 rings (SSSR count). The molecule has 0 bridgehead atoms. The zero-order valence-corrected chi connectivity index (χ0v) is 39.6. The Morgan fingerprint density at radius 1 is 0.853 bits per heavy atom. The first-order valence-electron chi connectivity index (χ1n) is 22.6. The molecular weight excluding hydrogens is 891 g/mol. The Morgan fingerprint density at radius 2 is 1.51 bits per heavy atom. The number of carbonyl (C=O) groups is 4. The van der Waals surface area contributed by atoms with Gasteiger partial charge in [-0.05, 0) is 91.8 Å². The highest BCUT2D eigenvalue weighted by Gasteiger charge is 2.40. The summed E-state index contributed by atoms with van der Waals surface area (Å²) in [6.45, 7) is 7.61. The first-order chi connectivity index (χ1) is 32.7. The van der Waals surface area contributed by atoms with Gasteiger partial charge in [0.1, 0.15) is 5.82 Å². The molecule has 4 aromatic carbocycles. The first kappa shape index (κ1) is 50.8. The molecule has 2 amide bonds. The predicted molar refractivity (Wildman–Crippen MR) is 259 cm³/mol. The maximum absolute atomic E-state index is 14.4. The molecular formula is C53H58ClFN4O9. The number of aromatic nitrogens is 1. The van der Waals surface area contributed by atoms with Crippen molar-refractivity contribution < 1.29 is 48.0 Å². The molecule has 0 aliphatic carbocycles. The van der Waals surface area contributed by atoms with Crippen molar-refractivity contribution in [2.24, 2.45) is 0 Å². The van der Waals surface area contributed by atoms with Crippen molar-refractivity contribution in [3.8, 4) is 22.4 Å². The number of aliphatic hydroxyl groups is 2. The van der Waals surface area contributed by atoms with Gasteiger partial charge < -0.3 is 44.9 Å². The summed E-state index contributed by atoms with van der Waals surface area (Å²) < 4.78 is 32.7. The number of allylic oxidation sites excluding steroid dienone is 1. The highest BCUT2D eigenvalue weighted by molar-refractivity contribution is 6.31. The van der Waals surface area contributed by atoms with Gasteiger partial charge in [0.25, 0.3) is 5.91 Å². The van der Waals surface area contributed by atoms with Crippen LogP contribution in [0.2, 0.25) is 5.02 Å². The fourth-order valence-electron chi connectivity index (χ4n) is 8.59. The number of hydrogen-bond acceptors (Lipinski definition) is 10. The third kappa shape index (κ3) is 12.3. The van der Waals surface area contributed by atoms with Crippen molar-refractivity contribution in [1.29, 1.82) is 0 Å². The van der Waals surface area contributed by atoms with E-state index in [1.54, 1.807) is 50.2 Å². The number of methoxy groups -OCH3 is 1. The quantitative estimate of drug-likeness (QED) is 0.0353. The lowest BCUT2D eigenvalue weighted by molar-refractivity contribution is -0.139. The van der Waals surface area contributed by atoms with Crippen molar-refractivity contribution in [3.63, 3.8) is 0 Å². The average molecular weight is 950 g/mol. The number of rotatable bonds is 21. The molecule has 0 unspecified atom stereocenters. The number of para-hydroxylation sites is 1. The van der Waals surface area contributed by atoms with Gasteiger partial charge in [0.05, 0.1) is 79.6 Å². The minimum absolute atomic E-state index is 0.0247. The smallest absolute Gasteiger partial charge is 0.336 e. The van der Waals surface area contributed by atoms with Crippen molar-refractivity contribution >= 4 is 41.0 Å². The Morgan fingerprint density at radius 3 is 2.16 bits per heavy atom. The van der Waals surface area contributed by atoms with Crippen LogP contribution >= 0.6 is 11.6 Å². The standard InChI is InChI=1S/C53H58ClFN4O9/c1-6-68-53(65)47-42(57-33(4)44(52(64)66-5)46(47)40-19-13-14-20-41(40)54)31-67-28-26-56-43(62)30-39(61)29-38(60)25-27-59-49(32(2)3)48(51(63)58-37-17-11-8-12-18-37)45(34-15-9-7-10-16-34)50(59)35-21-23-36(55)24-22-35/h7-24,32,38-39,46,57,60-61H,6,25-31H2,1-5H3,(H,56,62)(H,58,63)/t38-,39-,46-/m1/s1. The fraction of sp³-hybridized carbons (Fsp3) is 0.321. The summed E-state index contributed by atoms with van der Waals surface area (Å²) in [5, 5.41) is 31.6. The van der Waals surface area contributed by atoms with E-state index in [0.29, 0.717) is 50.1 Å². The number of carbonyl (C=O) groups excluding carboxylic acids is 4. The largest absolute Gasteiger partial charge is 0.466 e. The van der Waals surface area contributed by atoms with Crippen LogP contribution in [0.4, 0.5) is 10.1 Å². The van der Waals surface area contributed by atoms with E-state index in [1.807, 2.05) is 79.1 Å². The second-order valence-corrected chi connectivity index (χ2v) is 17.1. The van der Waals surface area contributed by atoms with Crippen LogP contribution in [0.15, 0.2) is 132 Å². The van der Waals surface area contributed by atoms with Crippen LogP contribution in [0.5, 0.6) is 0 Å². The van der Waals surface area contributed by atoms with E-state index in [0.717, 1.165) is 11.3 Å². The number of halogens is 2. The number of hydrogen-bond donors (Lipinski definition) is 5. The summed E-state index contributed by atoms with van der Waals surface area (Å²) in [6.07, 6.45) is -2.46. The van der Waals surface area contributed by atoms with E-state index in [9.17, 15) is 33.8 Å². The lowest BCUT2D eigenvalue weighted by Crippen LogP contribution is -2.35. The van der Waals surface area contributed by atoms with Gasteiger partial charge in [-0.25, -0.2) is 14.0 Å². The number of nitrogens with one attached hydrogen (secondary N) is 3. The molecule has 68 heavy (non-hydrogen) atoms. The highest BCUT2D eigenvalue weighted by atomic mass is 35.5. The summed E-state index contributed by atoms with van der Waals surface area (Å²) in [6, 6.07) is 31.6.